The van der Waals surface area contributed by atoms with Gasteiger partial charge in [0, 0.05) is 37.1 Å². The number of nitrogens with zero attached hydrogens (tertiary/aromatic N) is 1. The number of nitrogens with one attached hydrogen (secondary N) is 1. The summed E-state index contributed by atoms with van der Waals surface area (Å²) in [6, 6.07) is 17.2. The molecular formula is C30H30F2N2O5. The zero-order valence-electron chi connectivity index (χ0n) is 21.5. The first kappa shape index (κ1) is 27.8. The molecule has 0 spiro atoms. The second kappa shape index (κ2) is 12.5. The lowest BCUT2D eigenvalue weighted by molar-refractivity contribution is -0.129. The number of aliphatic imine (C=N–C) groups is 1. The van der Waals surface area contributed by atoms with Crippen LogP contribution in [0.5, 0.6) is 11.5 Å². The summed E-state index contributed by atoms with van der Waals surface area (Å²) in [5.41, 5.74) is -0.211. The summed E-state index contributed by atoms with van der Waals surface area (Å²) < 4.78 is 45.3. The number of carbonyl (C=O) groups is 1. The Kier molecular flexibility index (Phi) is 8.93. The summed E-state index contributed by atoms with van der Waals surface area (Å²) in [6.45, 7) is 4.00. The smallest absolute Gasteiger partial charge is 0.252 e. The normalized spacial score (nSPS) is 18.2. The Bertz CT molecular complexity index is 1350. The van der Waals surface area contributed by atoms with Crippen molar-refractivity contribution in [1.82, 2.24) is 5.32 Å². The van der Waals surface area contributed by atoms with Gasteiger partial charge in [0.2, 0.25) is 5.90 Å². The minimum atomic E-state index is -1.48. The van der Waals surface area contributed by atoms with E-state index < -0.39 is 29.2 Å². The molecule has 0 bridgehead atoms. The number of hydrogen-bond acceptors (Lipinski definition) is 6. The van der Waals surface area contributed by atoms with Crippen LogP contribution >= 0.6 is 0 Å². The van der Waals surface area contributed by atoms with Crippen LogP contribution in [0.1, 0.15) is 35.6 Å². The second-order valence-corrected chi connectivity index (χ2v) is 8.98. The van der Waals surface area contributed by atoms with Gasteiger partial charge in [-0.15, -0.1) is 6.58 Å². The maximum Gasteiger partial charge on any atom is 0.252 e. The van der Waals surface area contributed by atoms with Gasteiger partial charge < -0.3 is 24.6 Å². The summed E-state index contributed by atoms with van der Waals surface area (Å²) in [6.07, 6.45) is 1.33. The number of carbonyl (C=O) groups excluding carboxylic acids is 1. The maximum absolute atomic E-state index is 14.3. The number of ether oxygens (including phenoxy) is 3. The molecule has 7 nitrogen and oxygen atoms in total. The first-order chi connectivity index (χ1) is 18.9. The highest BCUT2D eigenvalue weighted by molar-refractivity contribution is 6.01. The third kappa shape index (κ3) is 6.26. The molecule has 4 rings (SSSR count). The van der Waals surface area contributed by atoms with Gasteiger partial charge in [0.1, 0.15) is 23.1 Å². The fourth-order valence-electron chi connectivity index (χ4n) is 4.35. The number of hydrogen-bond donors (Lipinski definition) is 2. The van der Waals surface area contributed by atoms with Crippen LogP contribution in [0.4, 0.5) is 8.78 Å². The highest BCUT2D eigenvalue weighted by atomic mass is 19.1. The van der Waals surface area contributed by atoms with Crippen molar-refractivity contribution in [1.29, 1.82) is 0 Å². The summed E-state index contributed by atoms with van der Waals surface area (Å²) in [4.78, 5) is 18.6. The van der Waals surface area contributed by atoms with Gasteiger partial charge in [-0.25, -0.2) is 13.8 Å². The van der Waals surface area contributed by atoms with Gasteiger partial charge >= 0.3 is 0 Å². The SMILES string of the molecule is C=CC[C@@]1(C(=O)NCc2cc(F)ccc2F)N=C(c2ccc(OCCCO)cc2)O[C@@H]1c1cccc(OC)c1. The Labute approximate surface area is 225 Å². The first-order valence-electron chi connectivity index (χ1n) is 12.5. The number of amides is 1. The minimum Gasteiger partial charge on any atom is -0.497 e. The Morgan fingerprint density at radius 2 is 1.95 bits per heavy atom. The topological polar surface area (TPSA) is 89.4 Å². The van der Waals surface area contributed by atoms with E-state index in [1.54, 1.807) is 54.6 Å². The molecular weight excluding hydrogens is 506 g/mol. The van der Waals surface area contributed by atoms with Crippen molar-refractivity contribution in [3.8, 4) is 11.5 Å². The van der Waals surface area contributed by atoms with Gasteiger partial charge in [0.25, 0.3) is 5.91 Å². The molecule has 3 aromatic rings. The van der Waals surface area contributed by atoms with E-state index in [0.29, 0.717) is 35.7 Å². The largest absolute Gasteiger partial charge is 0.497 e. The standard InChI is InChI=1S/C30H30F2N2O5/c1-3-14-30(29(36)33-19-22-17-23(31)10-13-26(22)32)27(21-6-4-7-25(18-21)37-2)39-28(34-30)20-8-11-24(12-9-20)38-16-5-15-35/h3-4,6-13,17-18,27,35H,1,5,14-16,19H2,2H3,(H,33,36)/t27-,30-/m1/s1. The third-order valence-corrected chi connectivity index (χ3v) is 6.33. The molecule has 0 aliphatic carbocycles. The molecule has 3 aromatic carbocycles. The number of aliphatic hydroxyl groups excluding tert-OH is 1. The lowest BCUT2D eigenvalue weighted by Crippen LogP contribution is -2.47. The maximum atomic E-state index is 14.3. The molecule has 1 aliphatic rings. The van der Waals surface area contributed by atoms with Crippen LogP contribution in [-0.4, -0.2) is 42.8 Å². The summed E-state index contributed by atoms with van der Waals surface area (Å²) in [5.74, 6) is -0.349. The molecule has 0 fully saturated rings. The number of rotatable bonds is 12. The van der Waals surface area contributed by atoms with E-state index in [9.17, 15) is 13.6 Å². The van der Waals surface area contributed by atoms with Crippen molar-refractivity contribution >= 4 is 11.8 Å². The molecule has 0 saturated heterocycles. The zero-order chi connectivity index (χ0) is 27.8. The fourth-order valence-corrected chi connectivity index (χ4v) is 4.35. The first-order valence-corrected chi connectivity index (χ1v) is 12.5. The van der Waals surface area contributed by atoms with Crippen molar-refractivity contribution in [2.45, 2.75) is 31.0 Å². The molecule has 0 radical (unpaired) electrons. The molecule has 1 aliphatic heterocycles. The predicted molar refractivity (Wildman–Crippen MR) is 143 cm³/mol. The van der Waals surface area contributed by atoms with Crippen LogP contribution in [0.3, 0.4) is 0 Å². The molecule has 2 N–H and O–H groups in total. The minimum absolute atomic E-state index is 0.00920. The van der Waals surface area contributed by atoms with E-state index in [2.05, 4.69) is 11.9 Å². The fraction of sp³-hybridized carbons (Fsp3) is 0.267. The molecule has 204 valence electrons. The molecule has 0 aromatic heterocycles. The van der Waals surface area contributed by atoms with Crippen molar-refractivity contribution < 1.29 is 32.9 Å². The lowest BCUT2D eigenvalue weighted by atomic mass is 9.84. The predicted octanol–water partition coefficient (Wildman–Crippen LogP) is 4.88. The molecule has 0 unspecified atom stereocenters. The molecule has 0 saturated carbocycles. The molecule has 1 amide bonds. The van der Waals surface area contributed by atoms with E-state index >= 15 is 0 Å². The van der Waals surface area contributed by atoms with Gasteiger partial charge in [0.05, 0.1) is 13.7 Å². The Morgan fingerprint density at radius 1 is 1.15 bits per heavy atom. The quantitative estimate of drug-likeness (QED) is 0.254. The van der Waals surface area contributed by atoms with Gasteiger partial charge in [-0.3, -0.25) is 4.79 Å². The molecule has 2 atom stereocenters. The number of methoxy groups -OCH3 is 1. The number of halogens is 2. The second-order valence-electron chi connectivity index (χ2n) is 8.98. The van der Waals surface area contributed by atoms with Crippen LogP contribution in [0.2, 0.25) is 0 Å². The summed E-state index contributed by atoms with van der Waals surface area (Å²) in [7, 11) is 1.54. The summed E-state index contributed by atoms with van der Waals surface area (Å²) in [5, 5.41) is 11.7. The van der Waals surface area contributed by atoms with Crippen LogP contribution in [0.15, 0.2) is 84.4 Å². The number of aliphatic hydroxyl groups is 1. The number of benzene rings is 3. The van der Waals surface area contributed by atoms with Crippen LogP contribution in [0, 0.1) is 11.6 Å². The van der Waals surface area contributed by atoms with E-state index in [1.165, 1.54) is 7.11 Å². The molecule has 39 heavy (non-hydrogen) atoms. The highest BCUT2D eigenvalue weighted by Gasteiger charge is 2.52. The molecule has 1 heterocycles. The van der Waals surface area contributed by atoms with Gasteiger partial charge in [-0.1, -0.05) is 18.2 Å². The van der Waals surface area contributed by atoms with Crippen LogP contribution in [-0.2, 0) is 16.1 Å². The van der Waals surface area contributed by atoms with Crippen molar-refractivity contribution in [3.63, 3.8) is 0 Å². The lowest BCUT2D eigenvalue weighted by Gasteiger charge is -2.30. The van der Waals surface area contributed by atoms with Crippen LogP contribution < -0.4 is 14.8 Å². The average molecular weight is 537 g/mol. The summed E-state index contributed by atoms with van der Waals surface area (Å²) >= 11 is 0. The van der Waals surface area contributed by atoms with E-state index in [0.717, 1.165) is 18.2 Å². The Morgan fingerprint density at radius 3 is 2.67 bits per heavy atom. The molecule has 9 heteroatoms. The Hall–Kier alpha value is -4.24. The van der Waals surface area contributed by atoms with Crippen LogP contribution in [0.25, 0.3) is 0 Å². The van der Waals surface area contributed by atoms with Gasteiger partial charge in [-0.2, -0.15) is 0 Å². The highest BCUT2D eigenvalue weighted by Crippen LogP contribution is 2.43. The van der Waals surface area contributed by atoms with Gasteiger partial charge in [0.15, 0.2) is 11.6 Å². The van der Waals surface area contributed by atoms with Crippen molar-refractivity contribution in [3.05, 3.63) is 108 Å². The third-order valence-electron chi connectivity index (χ3n) is 6.33. The Balaban J connectivity index is 1.69. The van der Waals surface area contributed by atoms with E-state index in [1.807, 2.05) is 0 Å². The van der Waals surface area contributed by atoms with Gasteiger partial charge in [-0.05, 0) is 60.2 Å². The van der Waals surface area contributed by atoms with E-state index in [4.69, 9.17) is 24.3 Å². The van der Waals surface area contributed by atoms with Crippen molar-refractivity contribution in [2.75, 3.05) is 20.3 Å². The average Bonchev–Trinajstić information content (AvgIpc) is 3.34. The monoisotopic (exact) mass is 536 g/mol. The van der Waals surface area contributed by atoms with E-state index in [-0.39, 0.29) is 31.0 Å². The van der Waals surface area contributed by atoms with Crippen molar-refractivity contribution in [2.24, 2.45) is 4.99 Å². The zero-order valence-corrected chi connectivity index (χ0v) is 21.5.